The first-order valence-corrected chi connectivity index (χ1v) is 9.43. The second kappa shape index (κ2) is 8.97. The fraction of sp³-hybridized carbons (Fsp3) is 0.684. The van der Waals surface area contributed by atoms with Crippen molar-refractivity contribution in [3.8, 4) is 5.75 Å². The molecule has 2 nitrogen and oxygen atoms in total. The lowest BCUT2D eigenvalue weighted by atomic mass is 9.82. The predicted molar refractivity (Wildman–Crippen MR) is 92.2 cm³/mol. The Balaban J connectivity index is 3.70. The van der Waals surface area contributed by atoms with Crippen molar-refractivity contribution < 1.29 is 80.1 Å². The van der Waals surface area contributed by atoms with Gasteiger partial charge in [0.05, 0.1) is 6.42 Å². The molecule has 216 valence electrons. The Morgan fingerprint density at radius 3 is 1.43 bits per heavy atom. The van der Waals surface area contributed by atoms with Crippen molar-refractivity contribution in [3.05, 3.63) is 29.8 Å². The second-order valence-corrected chi connectivity index (χ2v) is 8.78. The number of benzene rings is 1. The minimum absolute atomic E-state index is 0.150. The molecule has 0 heterocycles. The Hall–Kier alpha value is -2.14. The van der Waals surface area contributed by atoms with Crippen LogP contribution in [0.5, 0.6) is 5.75 Å². The fourth-order valence-corrected chi connectivity index (χ4v) is 2.77. The maximum Gasteiger partial charge on any atom is 0.460 e. The average Bonchev–Trinajstić information content (AvgIpc) is 2.64. The van der Waals surface area contributed by atoms with Crippen molar-refractivity contribution in [3.63, 3.8) is 0 Å². The van der Waals surface area contributed by atoms with Crippen molar-refractivity contribution in [2.45, 2.75) is 80.4 Å². The minimum Gasteiger partial charge on any atom is -0.488 e. The van der Waals surface area contributed by atoms with Crippen molar-refractivity contribution in [1.82, 2.24) is 0 Å². The number of ether oxygens (including phenoxy) is 1. The Morgan fingerprint density at radius 1 is 0.622 bits per heavy atom. The maximum absolute atomic E-state index is 14.2. The zero-order chi connectivity index (χ0) is 29.9. The van der Waals surface area contributed by atoms with E-state index in [0.717, 1.165) is 6.07 Å². The molecular weight excluding hydrogens is 564 g/mol. The molecule has 0 bridgehead atoms. The van der Waals surface area contributed by atoms with E-state index in [1.807, 2.05) is 0 Å². The zero-order valence-electron chi connectivity index (χ0n) is 18.4. The van der Waals surface area contributed by atoms with Crippen LogP contribution in [-0.4, -0.2) is 52.7 Å². The lowest BCUT2D eigenvalue weighted by molar-refractivity contribution is -0.443. The molecule has 37 heavy (non-hydrogen) atoms. The van der Waals surface area contributed by atoms with Gasteiger partial charge in [0.15, 0.2) is 5.60 Å². The van der Waals surface area contributed by atoms with E-state index in [9.17, 15) is 75.4 Å². The van der Waals surface area contributed by atoms with Gasteiger partial charge in [-0.2, -0.15) is 70.2 Å². The van der Waals surface area contributed by atoms with Gasteiger partial charge in [-0.1, -0.05) is 12.1 Å². The molecule has 1 atom stereocenters. The third kappa shape index (κ3) is 5.53. The second-order valence-electron chi connectivity index (χ2n) is 8.78. The summed E-state index contributed by atoms with van der Waals surface area (Å²) in [5, 5.41) is 9.94. The third-order valence-electron chi connectivity index (χ3n) is 4.68. The van der Waals surface area contributed by atoms with E-state index >= 15 is 0 Å². The highest BCUT2D eigenvalue weighted by Crippen LogP contribution is 2.62. The van der Waals surface area contributed by atoms with Crippen LogP contribution in [-0.2, 0) is 5.60 Å². The molecule has 1 rings (SSSR count). The molecule has 18 heteroatoms. The average molecular weight is 580 g/mol. The van der Waals surface area contributed by atoms with Crippen LogP contribution in [0.4, 0.5) is 70.2 Å². The van der Waals surface area contributed by atoms with Crippen LogP contribution in [0.3, 0.4) is 0 Å². The van der Waals surface area contributed by atoms with E-state index < -0.39 is 70.9 Å². The standard InChI is InChI=1S/C19H16F16O2/c1-11(2,3)37-10-6-4-5-9(7-10)12(36,18(30,31)32)8-13(20,21)14(22,23)15(24,25)16(26,27)17(28,29)19(33,34)35/h4-7,36H,8H2,1-3H3. The van der Waals surface area contributed by atoms with Crippen LogP contribution in [0.15, 0.2) is 24.3 Å². The molecule has 1 N–H and O–H groups in total. The molecule has 0 saturated carbocycles. The summed E-state index contributed by atoms with van der Waals surface area (Å²) in [6.07, 6.45) is -18.0. The van der Waals surface area contributed by atoms with Gasteiger partial charge in [0.25, 0.3) is 0 Å². The normalized spacial score (nSPS) is 17.0. The van der Waals surface area contributed by atoms with Crippen LogP contribution in [0.1, 0.15) is 32.8 Å². The van der Waals surface area contributed by atoms with Gasteiger partial charge in [-0.15, -0.1) is 0 Å². The first kappa shape index (κ1) is 32.9. The molecule has 0 radical (unpaired) electrons. The van der Waals surface area contributed by atoms with E-state index in [4.69, 9.17) is 4.74 Å². The number of hydrogen-bond donors (Lipinski definition) is 1. The van der Waals surface area contributed by atoms with Gasteiger partial charge in [0, 0.05) is 0 Å². The first-order chi connectivity index (χ1) is 15.9. The van der Waals surface area contributed by atoms with Gasteiger partial charge in [-0.3, -0.25) is 0 Å². The monoisotopic (exact) mass is 580 g/mol. The molecule has 1 aromatic rings. The molecule has 0 aromatic heterocycles. The summed E-state index contributed by atoms with van der Waals surface area (Å²) >= 11 is 0. The van der Waals surface area contributed by atoms with Crippen LogP contribution >= 0.6 is 0 Å². The molecule has 0 fully saturated rings. The van der Waals surface area contributed by atoms with Gasteiger partial charge in [-0.25, -0.2) is 0 Å². The predicted octanol–water partition coefficient (Wildman–Crippen LogP) is 7.74. The summed E-state index contributed by atoms with van der Waals surface area (Å²) in [5.74, 6) is -40.4. The van der Waals surface area contributed by atoms with Gasteiger partial charge in [-0.05, 0) is 38.5 Å². The minimum atomic E-state index is -8.30. The van der Waals surface area contributed by atoms with Gasteiger partial charge < -0.3 is 9.84 Å². The molecule has 1 unspecified atom stereocenters. The highest BCUT2D eigenvalue weighted by molar-refractivity contribution is 5.34. The Labute approximate surface area is 197 Å². The summed E-state index contributed by atoms with van der Waals surface area (Å²) in [6.45, 7) is 3.97. The molecule has 0 aliphatic carbocycles. The molecule has 0 aliphatic heterocycles. The van der Waals surface area contributed by atoms with Crippen molar-refractivity contribution in [1.29, 1.82) is 0 Å². The number of hydrogen-bond acceptors (Lipinski definition) is 2. The van der Waals surface area contributed by atoms with E-state index in [0.29, 0.717) is 6.07 Å². The maximum atomic E-state index is 14.2. The lowest BCUT2D eigenvalue weighted by Gasteiger charge is -2.42. The molecule has 0 saturated heterocycles. The first-order valence-electron chi connectivity index (χ1n) is 9.43. The zero-order valence-corrected chi connectivity index (χ0v) is 18.4. The van der Waals surface area contributed by atoms with E-state index in [1.54, 1.807) is 0 Å². The topological polar surface area (TPSA) is 29.5 Å². The van der Waals surface area contributed by atoms with E-state index in [1.165, 1.54) is 20.8 Å². The summed E-state index contributed by atoms with van der Waals surface area (Å²) in [4.78, 5) is 0. The highest BCUT2D eigenvalue weighted by Gasteiger charge is 2.91. The summed E-state index contributed by atoms with van der Waals surface area (Å²) in [7, 11) is 0. The molecule has 0 spiro atoms. The largest absolute Gasteiger partial charge is 0.488 e. The van der Waals surface area contributed by atoms with Gasteiger partial charge in [0.2, 0.25) is 0 Å². The van der Waals surface area contributed by atoms with E-state index in [-0.39, 0.29) is 12.1 Å². The van der Waals surface area contributed by atoms with Crippen LogP contribution in [0.2, 0.25) is 0 Å². The van der Waals surface area contributed by atoms with E-state index in [2.05, 4.69) is 0 Å². The lowest BCUT2D eigenvalue weighted by Crippen LogP contribution is -2.70. The highest BCUT2D eigenvalue weighted by atomic mass is 19.4. The number of halogens is 16. The third-order valence-corrected chi connectivity index (χ3v) is 4.68. The summed E-state index contributed by atoms with van der Waals surface area (Å²) in [6, 6.07) is 1.79. The molecular formula is C19H16F16O2. The summed E-state index contributed by atoms with van der Waals surface area (Å²) < 4.78 is 219. The molecule has 0 aliphatic rings. The van der Waals surface area contributed by atoms with Crippen molar-refractivity contribution in [2.75, 3.05) is 0 Å². The van der Waals surface area contributed by atoms with Crippen LogP contribution < -0.4 is 4.74 Å². The van der Waals surface area contributed by atoms with Crippen molar-refractivity contribution in [2.24, 2.45) is 0 Å². The molecule has 1 aromatic carbocycles. The quantitative estimate of drug-likeness (QED) is 0.319. The number of rotatable bonds is 8. The van der Waals surface area contributed by atoms with Crippen LogP contribution in [0.25, 0.3) is 0 Å². The van der Waals surface area contributed by atoms with Gasteiger partial charge >= 0.3 is 42.0 Å². The summed E-state index contributed by atoms with van der Waals surface area (Å²) in [5.41, 5.74) is -8.22. The fourth-order valence-electron chi connectivity index (χ4n) is 2.77. The molecule has 0 amide bonds. The smallest absolute Gasteiger partial charge is 0.460 e. The number of aliphatic hydroxyl groups is 1. The number of alkyl halides is 16. The SMILES string of the molecule is CC(C)(C)Oc1cccc(C(O)(CC(F)(F)C(F)(F)C(F)(F)C(F)(F)C(F)(F)C(F)(F)F)C(F)(F)F)c1. The van der Waals surface area contributed by atoms with Crippen molar-refractivity contribution >= 4 is 0 Å². The Bertz CT molecular complexity index is 958. The van der Waals surface area contributed by atoms with Crippen LogP contribution in [0, 0.1) is 0 Å². The Kier molecular flexibility index (Phi) is 7.97. The van der Waals surface area contributed by atoms with Gasteiger partial charge in [0.1, 0.15) is 11.4 Å². The Morgan fingerprint density at radius 2 is 1.05 bits per heavy atom.